The molecule has 0 radical (unpaired) electrons. The van der Waals surface area contributed by atoms with Crippen LogP contribution in [0.1, 0.15) is 19.3 Å². The standard InChI is InChI=1S/C8H13NO.ClH/c1-2-8-5-9-4-6(8)3-7(1)10-8;/h6-7,9H,1-5H2;1H. The highest BCUT2D eigenvalue weighted by Gasteiger charge is 2.55. The van der Waals surface area contributed by atoms with E-state index in [0.717, 1.165) is 12.5 Å². The molecule has 64 valence electrons. The van der Waals surface area contributed by atoms with Crippen LogP contribution < -0.4 is 5.32 Å². The minimum absolute atomic E-state index is 0. The maximum atomic E-state index is 5.92. The predicted octanol–water partition coefficient (Wildman–Crippen LogP) is 0.949. The summed E-state index contributed by atoms with van der Waals surface area (Å²) in [6.07, 6.45) is 4.59. The van der Waals surface area contributed by atoms with E-state index in [0.29, 0.717) is 11.7 Å². The van der Waals surface area contributed by atoms with E-state index in [1.807, 2.05) is 0 Å². The molecule has 0 amide bonds. The van der Waals surface area contributed by atoms with E-state index < -0.39 is 0 Å². The molecule has 3 rings (SSSR count). The third kappa shape index (κ3) is 0.865. The molecule has 3 aliphatic heterocycles. The largest absolute Gasteiger partial charge is 0.370 e. The van der Waals surface area contributed by atoms with Crippen molar-refractivity contribution >= 4 is 12.4 Å². The van der Waals surface area contributed by atoms with Gasteiger partial charge in [-0.1, -0.05) is 0 Å². The topological polar surface area (TPSA) is 21.3 Å². The molecule has 1 spiro atoms. The first kappa shape index (κ1) is 7.84. The van der Waals surface area contributed by atoms with Gasteiger partial charge >= 0.3 is 0 Å². The van der Waals surface area contributed by atoms with Crippen molar-refractivity contribution in [2.24, 2.45) is 5.92 Å². The van der Waals surface area contributed by atoms with Crippen LogP contribution >= 0.6 is 12.4 Å². The highest BCUT2D eigenvalue weighted by molar-refractivity contribution is 5.85. The van der Waals surface area contributed by atoms with E-state index in [1.165, 1.54) is 25.8 Å². The van der Waals surface area contributed by atoms with Crippen LogP contribution in [-0.2, 0) is 4.74 Å². The van der Waals surface area contributed by atoms with Crippen molar-refractivity contribution in [3.05, 3.63) is 0 Å². The van der Waals surface area contributed by atoms with Gasteiger partial charge in [-0.15, -0.1) is 12.4 Å². The third-order valence-electron chi connectivity index (χ3n) is 3.40. The molecular weight excluding hydrogens is 162 g/mol. The van der Waals surface area contributed by atoms with Crippen LogP contribution in [0, 0.1) is 5.92 Å². The van der Waals surface area contributed by atoms with Crippen LogP contribution in [0.4, 0.5) is 0 Å². The van der Waals surface area contributed by atoms with E-state index in [9.17, 15) is 0 Å². The smallest absolute Gasteiger partial charge is 0.0851 e. The molecule has 2 bridgehead atoms. The Morgan fingerprint density at radius 3 is 3.09 bits per heavy atom. The van der Waals surface area contributed by atoms with E-state index in [4.69, 9.17) is 4.74 Å². The molecule has 0 aromatic rings. The summed E-state index contributed by atoms with van der Waals surface area (Å²) in [6.45, 7) is 2.32. The first-order chi connectivity index (χ1) is 4.89. The van der Waals surface area contributed by atoms with Gasteiger partial charge in [0.15, 0.2) is 0 Å². The molecule has 3 aliphatic rings. The minimum atomic E-state index is 0. The van der Waals surface area contributed by atoms with Crippen molar-refractivity contribution in [1.29, 1.82) is 0 Å². The zero-order valence-corrected chi connectivity index (χ0v) is 7.32. The SMILES string of the molecule is C1CC23CNCC2CC1O3.Cl. The summed E-state index contributed by atoms with van der Waals surface area (Å²) in [6, 6.07) is 0. The van der Waals surface area contributed by atoms with Crippen molar-refractivity contribution in [1.82, 2.24) is 5.32 Å². The normalized spacial score (nSPS) is 52.4. The van der Waals surface area contributed by atoms with Gasteiger partial charge < -0.3 is 10.1 Å². The average Bonchev–Trinajstić information content (AvgIpc) is 2.48. The highest BCUT2D eigenvalue weighted by Crippen LogP contribution is 2.49. The lowest BCUT2D eigenvalue weighted by atomic mass is 9.81. The van der Waals surface area contributed by atoms with Crippen LogP contribution in [-0.4, -0.2) is 24.8 Å². The number of rotatable bonds is 0. The Bertz CT molecular complexity index is 171. The number of fused-ring (bicyclic) bond motifs is 1. The van der Waals surface area contributed by atoms with Gasteiger partial charge in [-0.2, -0.15) is 0 Å². The average molecular weight is 176 g/mol. The van der Waals surface area contributed by atoms with Crippen molar-refractivity contribution < 1.29 is 4.74 Å². The number of nitrogens with one attached hydrogen (secondary N) is 1. The molecule has 3 heterocycles. The maximum absolute atomic E-state index is 5.92. The molecule has 2 nitrogen and oxygen atoms in total. The zero-order chi connectivity index (χ0) is 6.60. The lowest BCUT2D eigenvalue weighted by Crippen LogP contribution is -2.33. The van der Waals surface area contributed by atoms with Crippen LogP contribution in [0.5, 0.6) is 0 Å². The van der Waals surface area contributed by atoms with Crippen molar-refractivity contribution in [3.63, 3.8) is 0 Å². The Kier molecular flexibility index (Phi) is 1.67. The van der Waals surface area contributed by atoms with Crippen LogP contribution in [0.25, 0.3) is 0 Å². The minimum Gasteiger partial charge on any atom is -0.370 e. The summed E-state index contributed by atoms with van der Waals surface area (Å²) in [4.78, 5) is 0. The highest BCUT2D eigenvalue weighted by atomic mass is 35.5. The molecule has 1 N–H and O–H groups in total. The number of ether oxygens (including phenoxy) is 1. The summed E-state index contributed by atoms with van der Waals surface area (Å²) in [5, 5.41) is 3.42. The zero-order valence-electron chi connectivity index (χ0n) is 6.51. The molecule has 0 aromatic carbocycles. The van der Waals surface area contributed by atoms with E-state index >= 15 is 0 Å². The molecule has 3 unspecified atom stereocenters. The fraction of sp³-hybridized carbons (Fsp3) is 1.00. The molecule has 0 saturated carbocycles. The van der Waals surface area contributed by atoms with E-state index in [-0.39, 0.29) is 12.4 Å². The summed E-state index contributed by atoms with van der Waals surface area (Å²) < 4.78 is 5.92. The monoisotopic (exact) mass is 175 g/mol. The predicted molar refractivity (Wildman–Crippen MR) is 45.1 cm³/mol. The first-order valence-corrected chi connectivity index (χ1v) is 4.28. The summed E-state index contributed by atoms with van der Waals surface area (Å²) >= 11 is 0. The van der Waals surface area contributed by atoms with Gasteiger partial charge in [-0.05, 0) is 19.3 Å². The van der Waals surface area contributed by atoms with E-state index in [2.05, 4.69) is 5.32 Å². The fourth-order valence-electron chi connectivity index (χ4n) is 2.86. The molecular formula is C8H14ClNO. The van der Waals surface area contributed by atoms with Crippen LogP contribution in [0.3, 0.4) is 0 Å². The van der Waals surface area contributed by atoms with Gasteiger partial charge in [0.2, 0.25) is 0 Å². The van der Waals surface area contributed by atoms with Crippen molar-refractivity contribution in [3.8, 4) is 0 Å². The number of hydrogen-bond donors (Lipinski definition) is 1. The van der Waals surface area contributed by atoms with Gasteiger partial charge in [-0.3, -0.25) is 0 Å². The van der Waals surface area contributed by atoms with E-state index in [1.54, 1.807) is 0 Å². The molecule has 3 saturated heterocycles. The summed E-state index contributed by atoms with van der Waals surface area (Å²) in [5.41, 5.74) is 0.310. The maximum Gasteiger partial charge on any atom is 0.0851 e. The van der Waals surface area contributed by atoms with Crippen LogP contribution in [0.15, 0.2) is 0 Å². The molecule has 11 heavy (non-hydrogen) atoms. The molecule has 3 fully saturated rings. The third-order valence-corrected chi connectivity index (χ3v) is 3.40. The van der Waals surface area contributed by atoms with Gasteiger partial charge in [0, 0.05) is 19.0 Å². The lowest BCUT2D eigenvalue weighted by Gasteiger charge is -2.23. The number of hydrogen-bond acceptors (Lipinski definition) is 2. The Balaban J connectivity index is 0.000000480. The molecule has 0 aromatic heterocycles. The fourth-order valence-corrected chi connectivity index (χ4v) is 2.86. The second kappa shape index (κ2) is 2.35. The lowest BCUT2D eigenvalue weighted by molar-refractivity contribution is 0.0141. The second-order valence-corrected chi connectivity index (χ2v) is 3.91. The molecule has 3 heteroatoms. The quantitative estimate of drug-likeness (QED) is 0.592. The molecule has 0 aliphatic carbocycles. The van der Waals surface area contributed by atoms with Gasteiger partial charge in [0.1, 0.15) is 0 Å². The number of halogens is 1. The van der Waals surface area contributed by atoms with Gasteiger partial charge in [-0.25, -0.2) is 0 Å². The second-order valence-electron chi connectivity index (χ2n) is 3.91. The van der Waals surface area contributed by atoms with Crippen molar-refractivity contribution in [2.45, 2.75) is 31.0 Å². The van der Waals surface area contributed by atoms with Gasteiger partial charge in [0.05, 0.1) is 11.7 Å². The van der Waals surface area contributed by atoms with Crippen molar-refractivity contribution in [2.75, 3.05) is 13.1 Å². The van der Waals surface area contributed by atoms with Crippen LogP contribution in [0.2, 0.25) is 0 Å². The Hall–Kier alpha value is 0.210. The van der Waals surface area contributed by atoms with Gasteiger partial charge in [0.25, 0.3) is 0 Å². The Labute approximate surface area is 73.1 Å². The summed E-state index contributed by atoms with van der Waals surface area (Å²) in [5.74, 6) is 0.853. The first-order valence-electron chi connectivity index (χ1n) is 4.28. The Morgan fingerprint density at radius 1 is 1.45 bits per heavy atom. The molecule has 3 atom stereocenters. The Morgan fingerprint density at radius 2 is 2.36 bits per heavy atom. The summed E-state index contributed by atoms with van der Waals surface area (Å²) in [7, 11) is 0.